The van der Waals surface area contributed by atoms with Crippen molar-refractivity contribution in [2.24, 2.45) is 0 Å². The Morgan fingerprint density at radius 1 is 0.724 bits per heavy atom. The van der Waals surface area contributed by atoms with Crippen LogP contribution in [0.5, 0.6) is 0 Å². The molecule has 0 bridgehead atoms. The summed E-state index contributed by atoms with van der Waals surface area (Å²) in [7, 11) is -8.41. The third kappa shape index (κ3) is 9.19. The number of ether oxygens (including phenoxy) is 2. The molecule has 2 aromatic rings. The van der Waals surface area contributed by atoms with Crippen LogP contribution in [0.2, 0.25) is 0 Å². The van der Waals surface area contributed by atoms with Crippen molar-refractivity contribution in [1.29, 1.82) is 0 Å². The van der Waals surface area contributed by atoms with E-state index in [2.05, 4.69) is 0 Å². The third-order valence-corrected chi connectivity index (χ3v) is 5.28. The van der Waals surface area contributed by atoms with Crippen molar-refractivity contribution in [2.75, 3.05) is 20.5 Å². The number of carbonyl (C=O) groups excluding carboxylic acids is 2. The maximum atomic E-state index is 11.9. The van der Waals surface area contributed by atoms with Crippen molar-refractivity contribution in [3.8, 4) is 0 Å². The van der Waals surface area contributed by atoms with Crippen LogP contribution in [0.15, 0.2) is 58.3 Å². The molecule has 162 valence electrons. The number of carbonyl (C=O) groups is 2. The Balaban J connectivity index is 0.000000516. The van der Waals surface area contributed by atoms with E-state index in [1.54, 1.807) is 24.3 Å². The summed E-state index contributed by atoms with van der Waals surface area (Å²) in [5.41, 5.74) is 1.02. The molecule has 2 rings (SSSR count). The summed E-state index contributed by atoms with van der Waals surface area (Å²) in [6, 6.07) is 14.5. The Kier molecular flexibility index (Phi) is 7.04. The van der Waals surface area contributed by atoms with Gasteiger partial charge in [0.25, 0.3) is 0 Å². The molecule has 2 aromatic carbocycles. The molecule has 0 amide bonds. The van der Waals surface area contributed by atoms with E-state index in [9.17, 15) is 34.8 Å². The van der Waals surface area contributed by atoms with E-state index in [0.29, 0.717) is 11.1 Å². The third-order valence-electron chi connectivity index (χ3n) is 3.24. The molecule has 0 heterocycles. The zero-order valence-electron chi connectivity index (χ0n) is 15.4. The van der Waals surface area contributed by atoms with Crippen molar-refractivity contribution < 1.29 is 44.2 Å². The Bertz CT molecular complexity index is 832. The monoisotopic (exact) mass is 462 g/mol. The molecular weight excluding hydrogens is 445 g/mol. The fraction of sp³-hybridized carbons (Fsp3) is 0.176. The first-order valence-electron chi connectivity index (χ1n) is 7.62. The summed E-state index contributed by atoms with van der Waals surface area (Å²) < 4.78 is 68.9. The van der Waals surface area contributed by atoms with Gasteiger partial charge in [0, 0.05) is 0 Å². The Morgan fingerprint density at radius 2 is 1.00 bits per heavy atom. The van der Waals surface area contributed by atoms with E-state index in [4.69, 9.17) is 9.47 Å². The number of halogens is 6. The molecular formula is C17H17F6O4PS. The predicted molar refractivity (Wildman–Crippen MR) is 99.0 cm³/mol. The van der Waals surface area contributed by atoms with Crippen LogP contribution in [0.4, 0.5) is 25.2 Å². The molecule has 0 unspecified atom stereocenters. The SMILES string of the molecule is COC(=O)c1ccccc1[S+](C)c1ccccc1C(=O)OC.F[P-](F)(F)(F)(F)F. The molecule has 12 heteroatoms. The normalized spacial score (nSPS) is 13.4. The van der Waals surface area contributed by atoms with E-state index in [-0.39, 0.29) is 11.9 Å². The zero-order chi connectivity index (χ0) is 22.5. The van der Waals surface area contributed by atoms with Gasteiger partial charge in [-0.05, 0) is 24.3 Å². The molecule has 29 heavy (non-hydrogen) atoms. The Labute approximate surface area is 165 Å². The van der Waals surface area contributed by atoms with Gasteiger partial charge in [-0.25, -0.2) is 9.59 Å². The van der Waals surface area contributed by atoms with E-state index in [1.807, 2.05) is 30.5 Å². The number of methoxy groups -OCH3 is 2. The topological polar surface area (TPSA) is 52.6 Å². The average molecular weight is 462 g/mol. The van der Waals surface area contributed by atoms with Gasteiger partial charge in [0.15, 0.2) is 9.79 Å². The maximum absolute atomic E-state index is 11.9. The molecule has 0 spiro atoms. The number of rotatable bonds is 4. The predicted octanol–water partition coefficient (Wildman–Crippen LogP) is 6.31. The summed E-state index contributed by atoms with van der Waals surface area (Å²) in [5.74, 6) is -0.768. The second kappa shape index (κ2) is 8.23. The van der Waals surface area contributed by atoms with Gasteiger partial charge in [-0.3, -0.25) is 0 Å². The molecule has 0 atom stereocenters. The first-order valence-corrected chi connectivity index (χ1v) is 11.3. The zero-order valence-corrected chi connectivity index (χ0v) is 17.1. The van der Waals surface area contributed by atoms with Gasteiger partial charge >= 0.3 is 44.9 Å². The summed E-state index contributed by atoms with van der Waals surface area (Å²) >= 11 is 0. The van der Waals surface area contributed by atoms with E-state index in [0.717, 1.165) is 9.79 Å². The second-order valence-corrected chi connectivity index (χ2v) is 9.26. The van der Waals surface area contributed by atoms with Crippen LogP contribution in [0, 0.1) is 0 Å². The van der Waals surface area contributed by atoms with Gasteiger partial charge in [-0.1, -0.05) is 24.3 Å². The van der Waals surface area contributed by atoms with Crippen LogP contribution >= 0.6 is 7.81 Å². The standard InChI is InChI=1S/C17H17O4S.F6P/c1-20-16(18)12-8-4-6-10-14(12)22(3)15-11-7-5-9-13(15)17(19)21-2;1-7(2,3,4,5)6/h4-11H,1-3H3;/q+1;-1. The van der Waals surface area contributed by atoms with Gasteiger partial charge in [0.2, 0.25) is 0 Å². The van der Waals surface area contributed by atoms with Crippen molar-refractivity contribution in [3.05, 3.63) is 59.7 Å². The van der Waals surface area contributed by atoms with Crippen LogP contribution in [0.1, 0.15) is 20.7 Å². The van der Waals surface area contributed by atoms with Crippen LogP contribution in [-0.2, 0) is 20.4 Å². The summed E-state index contributed by atoms with van der Waals surface area (Å²) in [4.78, 5) is 25.5. The minimum absolute atomic E-state index is 0.384. The molecule has 4 nitrogen and oxygen atoms in total. The Morgan fingerprint density at radius 3 is 1.28 bits per heavy atom. The number of hydrogen-bond acceptors (Lipinski definition) is 4. The molecule has 0 saturated carbocycles. The molecule has 0 radical (unpaired) electrons. The molecule has 0 fully saturated rings. The van der Waals surface area contributed by atoms with Gasteiger partial charge in [0.05, 0.1) is 25.1 Å². The van der Waals surface area contributed by atoms with Crippen molar-refractivity contribution in [3.63, 3.8) is 0 Å². The Hall–Kier alpha value is -2.26. The first-order chi connectivity index (χ1) is 13.0. The molecule has 0 saturated heterocycles. The number of esters is 2. The van der Waals surface area contributed by atoms with Gasteiger partial charge in [-0.2, -0.15) is 0 Å². The quantitative estimate of drug-likeness (QED) is 0.231. The van der Waals surface area contributed by atoms with E-state index in [1.165, 1.54) is 14.2 Å². The molecule has 0 aromatic heterocycles. The van der Waals surface area contributed by atoms with Crippen molar-refractivity contribution in [1.82, 2.24) is 0 Å². The van der Waals surface area contributed by atoms with Crippen molar-refractivity contribution in [2.45, 2.75) is 9.79 Å². The number of benzene rings is 2. The van der Waals surface area contributed by atoms with Crippen molar-refractivity contribution >= 4 is 30.6 Å². The molecule has 0 aliphatic rings. The van der Waals surface area contributed by atoms with E-state index >= 15 is 0 Å². The van der Waals surface area contributed by atoms with Crippen LogP contribution in [0.25, 0.3) is 0 Å². The van der Waals surface area contributed by atoms with Crippen LogP contribution in [-0.4, -0.2) is 32.4 Å². The summed E-state index contributed by atoms with van der Waals surface area (Å²) in [5, 5.41) is 0. The fourth-order valence-electron chi connectivity index (χ4n) is 2.14. The van der Waals surface area contributed by atoms with Gasteiger partial charge < -0.3 is 9.47 Å². The molecule has 0 N–H and O–H groups in total. The first kappa shape index (κ1) is 24.8. The fourth-order valence-corrected chi connectivity index (χ4v) is 3.91. The van der Waals surface area contributed by atoms with Crippen LogP contribution in [0.3, 0.4) is 0 Å². The molecule has 0 aliphatic heterocycles. The molecule has 0 aliphatic carbocycles. The van der Waals surface area contributed by atoms with Crippen LogP contribution < -0.4 is 0 Å². The number of hydrogen-bond donors (Lipinski definition) is 0. The average Bonchev–Trinajstić information content (AvgIpc) is 2.63. The van der Waals surface area contributed by atoms with E-state index < -0.39 is 18.7 Å². The summed E-state index contributed by atoms with van der Waals surface area (Å²) in [6.07, 6.45) is 1.98. The van der Waals surface area contributed by atoms with Gasteiger partial charge in [0.1, 0.15) is 17.4 Å². The van der Waals surface area contributed by atoms with Gasteiger partial charge in [-0.15, -0.1) is 0 Å². The minimum atomic E-state index is -10.7. The summed E-state index contributed by atoms with van der Waals surface area (Å²) in [6.45, 7) is 0. The second-order valence-electron chi connectivity index (χ2n) is 5.44.